The minimum absolute atomic E-state index is 0.169. The molecule has 2 N–H and O–H groups in total. The highest BCUT2D eigenvalue weighted by molar-refractivity contribution is 7.91. The van der Waals surface area contributed by atoms with Crippen molar-refractivity contribution >= 4 is 9.84 Å². The lowest BCUT2D eigenvalue weighted by Crippen LogP contribution is -2.47. The summed E-state index contributed by atoms with van der Waals surface area (Å²) >= 11 is 0. The summed E-state index contributed by atoms with van der Waals surface area (Å²) in [6.07, 6.45) is 6.79. The Morgan fingerprint density at radius 2 is 2.11 bits per heavy atom. The second-order valence-electron chi connectivity index (χ2n) is 5.90. The molecule has 0 aromatic heterocycles. The maximum atomic E-state index is 11.6. The van der Waals surface area contributed by atoms with E-state index in [1.807, 2.05) is 0 Å². The molecule has 0 amide bonds. The molecule has 5 heteroatoms. The topological polar surface area (TPSA) is 58.2 Å². The number of rotatable bonds is 4. The van der Waals surface area contributed by atoms with E-state index in [0.717, 1.165) is 25.8 Å². The maximum Gasteiger partial charge on any atom is 0.151 e. The predicted molar refractivity (Wildman–Crippen MR) is 74.5 cm³/mol. The van der Waals surface area contributed by atoms with Crippen molar-refractivity contribution in [2.45, 2.75) is 63.6 Å². The standard InChI is InChI=1S/C13H26N2O2S/c1-11(9-12-5-2-3-7-14-12)15-13-6-4-8-18(16,17)10-13/h11-15H,2-10H2,1H3. The van der Waals surface area contributed by atoms with Gasteiger partial charge in [0.25, 0.3) is 0 Å². The molecule has 4 nitrogen and oxygen atoms in total. The van der Waals surface area contributed by atoms with Crippen LogP contribution >= 0.6 is 0 Å². The van der Waals surface area contributed by atoms with Crippen molar-refractivity contribution in [2.24, 2.45) is 0 Å². The molecule has 2 fully saturated rings. The van der Waals surface area contributed by atoms with Crippen LogP contribution in [0, 0.1) is 0 Å². The van der Waals surface area contributed by atoms with Gasteiger partial charge in [0, 0.05) is 18.1 Å². The SMILES string of the molecule is CC(CC1CCCCN1)NC1CCCS(=O)(=O)C1. The molecule has 106 valence electrons. The van der Waals surface area contributed by atoms with Gasteiger partial charge in [0.05, 0.1) is 11.5 Å². The van der Waals surface area contributed by atoms with Gasteiger partial charge in [-0.1, -0.05) is 6.42 Å². The third-order valence-electron chi connectivity index (χ3n) is 4.03. The van der Waals surface area contributed by atoms with Crippen molar-refractivity contribution in [2.75, 3.05) is 18.1 Å². The van der Waals surface area contributed by atoms with Crippen molar-refractivity contribution in [3.63, 3.8) is 0 Å². The Kier molecular flexibility index (Phi) is 5.04. The Bertz CT molecular complexity index is 350. The largest absolute Gasteiger partial charge is 0.314 e. The summed E-state index contributed by atoms with van der Waals surface area (Å²) in [5.74, 6) is 0.708. The quantitative estimate of drug-likeness (QED) is 0.805. The summed E-state index contributed by atoms with van der Waals surface area (Å²) in [4.78, 5) is 0. The molecular weight excluding hydrogens is 248 g/mol. The van der Waals surface area contributed by atoms with Crippen LogP contribution in [0.15, 0.2) is 0 Å². The van der Waals surface area contributed by atoms with E-state index in [1.54, 1.807) is 0 Å². The Labute approximate surface area is 111 Å². The average molecular weight is 274 g/mol. The first-order valence-electron chi connectivity index (χ1n) is 7.25. The van der Waals surface area contributed by atoms with E-state index in [9.17, 15) is 8.42 Å². The van der Waals surface area contributed by atoms with Gasteiger partial charge in [0.15, 0.2) is 9.84 Å². The van der Waals surface area contributed by atoms with Gasteiger partial charge in [0.1, 0.15) is 0 Å². The zero-order valence-corrected chi connectivity index (χ0v) is 12.1. The molecule has 2 aliphatic rings. The Morgan fingerprint density at radius 1 is 1.28 bits per heavy atom. The van der Waals surface area contributed by atoms with Gasteiger partial charge in [-0.3, -0.25) is 0 Å². The van der Waals surface area contributed by atoms with Crippen LogP contribution in [0.2, 0.25) is 0 Å². The second-order valence-corrected chi connectivity index (χ2v) is 8.13. The molecule has 0 aromatic rings. The molecule has 3 unspecified atom stereocenters. The molecule has 0 bridgehead atoms. The first kappa shape index (κ1) is 14.3. The van der Waals surface area contributed by atoms with Gasteiger partial charge >= 0.3 is 0 Å². The fourth-order valence-electron chi connectivity index (χ4n) is 3.18. The van der Waals surface area contributed by atoms with E-state index in [2.05, 4.69) is 17.6 Å². The summed E-state index contributed by atoms with van der Waals surface area (Å²) in [5.41, 5.74) is 0. The van der Waals surface area contributed by atoms with Gasteiger partial charge in [-0.2, -0.15) is 0 Å². The van der Waals surface area contributed by atoms with Crippen molar-refractivity contribution in [1.29, 1.82) is 0 Å². The number of piperidine rings is 1. The lowest BCUT2D eigenvalue weighted by molar-refractivity contribution is 0.327. The van der Waals surface area contributed by atoms with E-state index in [1.165, 1.54) is 19.3 Å². The molecule has 18 heavy (non-hydrogen) atoms. The smallest absolute Gasteiger partial charge is 0.151 e. The highest BCUT2D eigenvalue weighted by Crippen LogP contribution is 2.15. The van der Waals surface area contributed by atoms with Crippen LogP contribution in [0.25, 0.3) is 0 Å². The van der Waals surface area contributed by atoms with Gasteiger partial charge in [0.2, 0.25) is 0 Å². The van der Waals surface area contributed by atoms with Crippen molar-refractivity contribution in [3.8, 4) is 0 Å². The van der Waals surface area contributed by atoms with Crippen LogP contribution in [0.5, 0.6) is 0 Å². The van der Waals surface area contributed by atoms with Gasteiger partial charge in [-0.15, -0.1) is 0 Å². The van der Waals surface area contributed by atoms with Crippen LogP contribution < -0.4 is 10.6 Å². The highest BCUT2D eigenvalue weighted by Gasteiger charge is 2.26. The minimum atomic E-state index is -2.79. The van der Waals surface area contributed by atoms with Gasteiger partial charge < -0.3 is 10.6 Å². The lowest BCUT2D eigenvalue weighted by atomic mass is 9.98. The maximum absolute atomic E-state index is 11.6. The van der Waals surface area contributed by atoms with E-state index in [-0.39, 0.29) is 6.04 Å². The molecule has 0 aromatic carbocycles. The van der Waals surface area contributed by atoms with E-state index in [4.69, 9.17) is 0 Å². The Hall–Kier alpha value is -0.130. The van der Waals surface area contributed by atoms with Crippen LogP contribution in [0.4, 0.5) is 0 Å². The molecule has 3 atom stereocenters. The van der Waals surface area contributed by atoms with Crippen LogP contribution in [0.3, 0.4) is 0 Å². The van der Waals surface area contributed by atoms with Gasteiger partial charge in [-0.25, -0.2) is 8.42 Å². The van der Waals surface area contributed by atoms with E-state index >= 15 is 0 Å². The molecule has 2 saturated heterocycles. The molecule has 0 aliphatic carbocycles. The summed E-state index contributed by atoms with van der Waals surface area (Å²) < 4.78 is 23.2. The zero-order valence-electron chi connectivity index (χ0n) is 11.3. The summed E-state index contributed by atoms with van der Waals surface area (Å²) in [5, 5.41) is 7.05. The third-order valence-corrected chi connectivity index (χ3v) is 5.85. The number of sulfone groups is 1. The fraction of sp³-hybridized carbons (Fsp3) is 1.00. The summed E-state index contributed by atoms with van der Waals surface area (Å²) in [7, 11) is -2.79. The first-order chi connectivity index (χ1) is 8.55. The molecule has 2 aliphatic heterocycles. The molecule has 0 radical (unpaired) electrons. The predicted octanol–water partition coefficient (Wildman–Crippen LogP) is 1.07. The third kappa shape index (κ3) is 4.52. The fourth-order valence-corrected chi connectivity index (χ4v) is 4.83. The number of hydrogen-bond donors (Lipinski definition) is 2. The van der Waals surface area contributed by atoms with Crippen molar-refractivity contribution in [3.05, 3.63) is 0 Å². The Balaban J connectivity index is 1.74. The molecular formula is C13H26N2O2S. The van der Waals surface area contributed by atoms with Gasteiger partial charge in [-0.05, 0) is 45.6 Å². The van der Waals surface area contributed by atoms with Crippen LogP contribution in [-0.4, -0.2) is 44.6 Å². The normalized spacial score (nSPS) is 34.1. The van der Waals surface area contributed by atoms with E-state index in [0.29, 0.717) is 23.6 Å². The Morgan fingerprint density at radius 3 is 2.78 bits per heavy atom. The first-order valence-corrected chi connectivity index (χ1v) is 9.07. The minimum Gasteiger partial charge on any atom is -0.314 e. The zero-order chi connectivity index (χ0) is 13.0. The summed E-state index contributed by atoms with van der Waals surface area (Å²) in [6, 6.07) is 1.18. The molecule has 2 heterocycles. The summed E-state index contributed by atoms with van der Waals surface area (Å²) in [6.45, 7) is 3.31. The van der Waals surface area contributed by atoms with Crippen molar-refractivity contribution < 1.29 is 8.42 Å². The van der Waals surface area contributed by atoms with Crippen LogP contribution in [-0.2, 0) is 9.84 Å². The average Bonchev–Trinajstić information content (AvgIpc) is 2.28. The van der Waals surface area contributed by atoms with Crippen molar-refractivity contribution in [1.82, 2.24) is 10.6 Å². The lowest BCUT2D eigenvalue weighted by Gasteiger charge is -2.30. The van der Waals surface area contributed by atoms with Crippen LogP contribution in [0.1, 0.15) is 45.4 Å². The molecule has 2 rings (SSSR count). The number of hydrogen-bond acceptors (Lipinski definition) is 4. The highest BCUT2D eigenvalue weighted by atomic mass is 32.2. The molecule has 0 spiro atoms. The number of nitrogens with one attached hydrogen (secondary N) is 2. The monoisotopic (exact) mass is 274 g/mol. The van der Waals surface area contributed by atoms with E-state index < -0.39 is 9.84 Å². The second kappa shape index (κ2) is 6.35. The molecule has 0 saturated carbocycles.